The van der Waals surface area contributed by atoms with Crippen LogP contribution in [0, 0.1) is 0 Å². The topological polar surface area (TPSA) is 61.5 Å². The Hall–Kier alpha value is -0.720. The van der Waals surface area contributed by atoms with Crippen molar-refractivity contribution in [2.24, 2.45) is 5.73 Å². The van der Waals surface area contributed by atoms with Crippen molar-refractivity contribution in [2.75, 3.05) is 25.2 Å². The second kappa shape index (κ2) is 8.39. The van der Waals surface area contributed by atoms with Crippen LogP contribution in [0.1, 0.15) is 0 Å². The van der Waals surface area contributed by atoms with E-state index >= 15 is 0 Å². The number of thioether (sulfide) groups is 1. The first-order chi connectivity index (χ1) is 8.63. The van der Waals surface area contributed by atoms with E-state index in [1.54, 1.807) is 11.8 Å². The third-order valence-electron chi connectivity index (χ3n) is 2.11. The summed E-state index contributed by atoms with van der Waals surface area (Å²) in [6.07, 6.45) is 0. The molecule has 1 aromatic carbocycles. The minimum atomic E-state index is -0.562. The summed E-state index contributed by atoms with van der Waals surface area (Å²) in [5, 5.41) is 0. The summed E-state index contributed by atoms with van der Waals surface area (Å²) >= 11 is 4.92. The number of nitrogens with two attached hydrogens (primary N) is 1. The molecule has 1 unspecified atom stereocenters. The molecule has 0 radical (unpaired) electrons. The van der Waals surface area contributed by atoms with Crippen LogP contribution in [0.15, 0.2) is 28.7 Å². The summed E-state index contributed by atoms with van der Waals surface area (Å²) < 4.78 is 11.1. The summed E-state index contributed by atoms with van der Waals surface area (Å²) in [5.41, 5.74) is 5.60. The smallest absolute Gasteiger partial charge is 0.323 e. The molecule has 0 bridgehead atoms. The molecule has 1 atom stereocenters. The van der Waals surface area contributed by atoms with Crippen LogP contribution in [-0.4, -0.2) is 37.2 Å². The Morgan fingerprint density at radius 2 is 2.11 bits per heavy atom. The molecule has 2 N–H and O–H groups in total. The van der Waals surface area contributed by atoms with Crippen LogP contribution < -0.4 is 10.5 Å². The SMILES string of the molecule is COC(=O)C(N)CSCCOc1ccc(Br)cc1. The first-order valence-electron chi connectivity index (χ1n) is 5.43. The number of carbonyl (C=O) groups is 1. The van der Waals surface area contributed by atoms with Crippen molar-refractivity contribution in [1.82, 2.24) is 0 Å². The fourth-order valence-electron chi connectivity index (χ4n) is 1.18. The molecule has 0 amide bonds. The summed E-state index contributed by atoms with van der Waals surface area (Å²) in [7, 11) is 1.34. The van der Waals surface area contributed by atoms with Crippen molar-refractivity contribution < 1.29 is 14.3 Å². The highest BCUT2D eigenvalue weighted by molar-refractivity contribution is 9.10. The van der Waals surface area contributed by atoms with Gasteiger partial charge in [0.25, 0.3) is 0 Å². The summed E-state index contributed by atoms with van der Waals surface area (Å²) in [6.45, 7) is 0.584. The molecule has 0 aromatic heterocycles. The lowest BCUT2D eigenvalue weighted by Gasteiger charge is -2.09. The lowest BCUT2D eigenvalue weighted by molar-refractivity contribution is -0.141. The van der Waals surface area contributed by atoms with E-state index in [-0.39, 0.29) is 5.97 Å². The fourth-order valence-corrected chi connectivity index (χ4v) is 2.20. The van der Waals surface area contributed by atoms with Crippen molar-refractivity contribution in [2.45, 2.75) is 6.04 Å². The molecule has 0 saturated heterocycles. The van der Waals surface area contributed by atoms with Gasteiger partial charge >= 0.3 is 5.97 Å². The highest BCUT2D eigenvalue weighted by atomic mass is 79.9. The maximum Gasteiger partial charge on any atom is 0.323 e. The molecule has 0 aliphatic rings. The van der Waals surface area contributed by atoms with Crippen molar-refractivity contribution in [3.8, 4) is 5.75 Å². The van der Waals surface area contributed by atoms with Crippen LogP contribution >= 0.6 is 27.7 Å². The maximum absolute atomic E-state index is 11.0. The van der Waals surface area contributed by atoms with Gasteiger partial charge in [-0.2, -0.15) is 11.8 Å². The lowest BCUT2D eigenvalue weighted by Crippen LogP contribution is -2.34. The average Bonchev–Trinajstić information content (AvgIpc) is 2.39. The van der Waals surface area contributed by atoms with Gasteiger partial charge in [-0.1, -0.05) is 15.9 Å². The number of rotatable bonds is 7. The molecule has 100 valence electrons. The molecular weight excluding hydrogens is 318 g/mol. The van der Waals surface area contributed by atoms with Crippen LogP contribution in [0.3, 0.4) is 0 Å². The van der Waals surface area contributed by atoms with E-state index in [2.05, 4.69) is 20.7 Å². The Balaban J connectivity index is 2.12. The lowest BCUT2D eigenvalue weighted by atomic mass is 10.3. The zero-order chi connectivity index (χ0) is 13.4. The van der Waals surface area contributed by atoms with E-state index in [1.807, 2.05) is 24.3 Å². The van der Waals surface area contributed by atoms with E-state index in [0.717, 1.165) is 16.0 Å². The van der Waals surface area contributed by atoms with Crippen LogP contribution in [-0.2, 0) is 9.53 Å². The van der Waals surface area contributed by atoms with E-state index in [1.165, 1.54) is 7.11 Å². The molecule has 18 heavy (non-hydrogen) atoms. The standard InChI is InChI=1S/C12H16BrNO3S/c1-16-12(15)11(14)8-18-7-6-17-10-4-2-9(13)3-5-10/h2-5,11H,6-8,14H2,1H3. The zero-order valence-electron chi connectivity index (χ0n) is 10.1. The van der Waals surface area contributed by atoms with Crippen LogP contribution in [0.4, 0.5) is 0 Å². The van der Waals surface area contributed by atoms with E-state index < -0.39 is 6.04 Å². The van der Waals surface area contributed by atoms with Crippen molar-refractivity contribution >= 4 is 33.7 Å². The molecule has 6 heteroatoms. The first kappa shape index (κ1) is 15.3. The van der Waals surface area contributed by atoms with Crippen LogP contribution in [0.2, 0.25) is 0 Å². The number of esters is 1. The number of methoxy groups -OCH3 is 1. The average molecular weight is 334 g/mol. The Morgan fingerprint density at radius 3 is 2.72 bits per heavy atom. The van der Waals surface area contributed by atoms with Crippen molar-refractivity contribution in [3.05, 3.63) is 28.7 Å². The minimum absolute atomic E-state index is 0.378. The highest BCUT2D eigenvalue weighted by Gasteiger charge is 2.12. The highest BCUT2D eigenvalue weighted by Crippen LogP contribution is 2.16. The van der Waals surface area contributed by atoms with Gasteiger partial charge in [-0.3, -0.25) is 4.79 Å². The second-order valence-electron chi connectivity index (χ2n) is 3.51. The van der Waals surface area contributed by atoms with Crippen LogP contribution in [0.5, 0.6) is 5.75 Å². The fraction of sp³-hybridized carbons (Fsp3) is 0.417. The minimum Gasteiger partial charge on any atom is -0.493 e. The first-order valence-corrected chi connectivity index (χ1v) is 7.37. The molecule has 0 fully saturated rings. The number of hydrogen-bond acceptors (Lipinski definition) is 5. The molecule has 1 aromatic rings. The molecule has 0 aliphatic carbocycles. The predicted molar refractivity (Wildman–Crippen MR) is 77.0 cm³/mol. The number of carbonyl (C=O) groups excluding carboxylic acids is 1. The second-order valence-corrected chi connectivity index (χ2v) is 5.57. The van der Waals surface area contributed by atoms with Gasteiger partial charge in [0.15, 0.2) is 0 Å². The molecule has 1 rings (SSSR count). The normalized spacial score (nSPS) is 11.9. The molecule has 4 nitrogen and oxygen atoms in total. The Bertz CT molecular complexity index is 372. The quantitative estimate of drug-likeness (QED) is 0.611. The molecular formula is C12H16BrNO3S. The van der Waals surface area contributed by atoms with Gasteiger partial charge in [0.1, 0.15) is 11.8 Å². The third kappa shape index (κ3) is 5.75. The molecule has 0 saturated carbocycles. The molecule has 0 spiro atoms. The van der Waals surface area contributed by atoms with Gasteiger partial charge in [-0.15, -0.1) is 0 Å². The summed E-state index contributed by atoms with van der Waals surface area (Å²) in [4.78, 5) is 11.0. The maximum atomic E-state index is 11.0. The van der Waals surface area contributed by atoms with E-state index in [4.69, 9.17) is 10.5 Å². The Kier molecular flexibility index (Phi) is 7.15. The van der Waals surface area contributed by atoms with Gasteiger partial charge in [0.2, 0.25) is 0 Å². The van der Waals surface area contributed by atoms with Crippen molar-refractivity contribution in [1.29, 1.82) is 0 Å². The van der Waals surface area contributed by atoms with E-state index in [9.17, 15) is 4.79 Å². The monoisotopic (exact) mass is 333 g/mol. The molecule has 0 heterocycles. The summed E-state index contributed by atoms with van der Waals surface area (Å²) in [5.74, 6) is 1.77. The van der Waals surface area contributed by atoms with Gasteiger partial charge in [-0.05, 0) is 24.3 Å². The number of benzene rings is 1. The van der Waals surface area contributed by atoms with Gasteiger partial charge in [0.05, 0.1) is 13.7 Å². The molecule has 0 aliphatic heterocycles. The number of ether oxygens (including phenoxy) is 2. The zero-order valence-corrected chi connectivity index (χ0v) is 12.5. The Labute approximate surface area is 119 Å². The van der Waals surface area contributed by atoms with Gasteiger partial charge in [-0.25, -0.2) is 0 Å². The number of halogens is 1. The van der Waals surface area contributed by atoms with E-state index in [0.29, 0.717) is 12.4 Å². The van der Waals surface area contributed by atoms with Gasteiger partial charge in [0, 0.05) is 16.0 Å². The predicted octanol–water partition coefficient (Wildman–Crippen LogP) is 2.06. The Morgan fingerprint density at radius 1 is 1.44 bits per heavy atom. The van der Waals surface area contributed by atoms with Crippen molar-refractivity contribution in [3.63, 3.8) is 0 Å². The van der Waals surface area contributed by atoms with Gasteiger partial charge < -0.3 is 15.2 Å². The van der Waals surface area contributed by atoms with Crippen LogP contribution in [0.25, 0.3) is 0 Å². The summed E-state index contributed by atoms with van der Waals surface area (Å²) in [6, 6.07) is 7.09. The third-order valence-corrected chi connectivity index (χ3v) is 3.69. The number of hydrogen-bond donors (Lipinski definition) is 1. The largest absolute Gasteiger partial charge is 0.493 e.